The molecule has 5 rings (SSSR count). The van der Waals surface area contributed by atoms with Gasteiger partial charge in [-0.1, -0.05) is 22.9 Å². The number of anilines is 1. The van der Waals surface area contributed by atoms with Crippen LogP contribution >= 0.6 is 22.9 Å². The molecule has 1 aromatic heterocycles. The molecule has 0 aliphatic carbocycles. The average molecular weight is 612 g/mol. The van der Waals surface area contributed by atoms with E-state index in [0.29, 0.717) is 45.8 Å². The molecule has 2 aliphatic heterocycles. The molecule has 0 bridgehead atoms. The maximum absolute atomic E-state index is 13.2. The van der Waals surface area contributed by atoms with Gasteiger partial charge >= 0.3 is 12.1 Å². The number of rotatable bonds is 10. The highest BCUT2D eigenvalue weighted by Crippen LogP contribution is 2.41. The summed E-state index contributed by atoms with van der Waals surface area (Å²) >= 11 is 7.52. The van der Waals surface area contributed by atoms with E-state index in [1.807, 2.05) is 0 Å². The molecule has 0 saturated carbocycles. The number of likely N-dealkylation sites (tertiary alicyclic amines) is 1. The number of nitrogens with zero attached hydrogens (tertiary/aromatic N) is 3. The summed E-state index contributed by atoms with van der Waals surface area (Å²) in [6, 6.07) is 9.06. The topological polar surface area (TPSA) is 75.1 Å². The molecule has 2 saturated heterocycles. The van der Waals surface area contributed by atoms with Crippen molar-refractivity contribution in [3.63, 3.8) is 0 Å². The number of carboxylic acid groups (broad SMARTS) is 1. The molecule has 222 valence electrons. The first-order chi connectivity index (χ1) is 19.6. The minimum atomic E-state index is -4.39. The van der Waals surface area contributed by atoms with E-state index in [1.165, 1.54) is 23.5 Å². The Labute approximate surface area is 245 Å². The van der Waals surface area contributed by atoms with Gasteiger partial charge in [0.1, 0.15) is 5.75 Å². The Morgan fingerprint density at radius 2 is 1.98 bits per heavy atom. The van der Waals surface area contributed by atoms with E-state index in [4.69, 9.17) is 26.2 Å². The Kier molecular flexibility index (Phi) is 8.98. The zero-order valence-corrected chi connectivity index (χ0v) is 24.3. The molecule has 1 atom stereocenters. The first-order valence-corrected chi connectivity index (χ1v) is 14.9. The maximum Gasteiger partial charge on any atom is 0.416 e. The van der Waals surface area contributed by atoms with Crippen LogP contribution in [0.25, 0.3) is 10.2 Å². The van der Waals surface area contributed by atoms with Crippen molar-refractivity contribution in [3.05, 3.63) is 52.5 Å². The zero-order valence-electron chi connectivity index (χ0n) is 22.8. The van der Waals surface area contributed by atoms with Crippen LogP contribution in [0.4, 0.5) is 18.3 Å². The Morgan fingerprint density at radius 3 is 2.68 bits per heavy atom. The number of aliphatic carboxylic acids is 1. The number of hydrogen-bond acceptors (Lipinski definition) is 7. The molecule has 0 spiro atoms. The number of carbonyl (C=O) groups is 1. The van der Waals surface area contributed by atoms with Crippen LogP contribution in [0, 0.1) is 0 Å². The Hall–Kier alpha value is -2.60. The fourth-order valence-corrected chi connectivity index (χ4v) is 7.49. The van der Waals surface area contributed by atoms with Crippen LogP contribution in [0.3, 0.4) is 0 Å². The minimum absolute atomic E-state index is 0.132. The molecule has 2 aromatic carbocycles. The number of alkyl halides is 3. The predicted octanol–water partition coefficient (Wildman–Crippen LogP) is 6.51. The Morgan fingerprint density at radius 1 is 1.20 bits per heavy atom. The highest BCUT2D eigenvalue weighted by molar-refractivity contribution is 7.22. The van der Waals surface area contributed by atoms with Crippen LogP contribution in [0.1, 0.15) is 43.2 Å². The summed E-state index contributed by atoms with van der Waals surface area (Å²) in [6.07, 6.45) is 0.0881. The van der Waals surface area contributed by atoms with Crippen LogP contribution < -0.4 is 9.64 Å². The molecule has 0 radical (unpaired) electrons. The number of halogens is 4. The van der Waals surface area contributed by atoms with Crippen molar-refractivity contribution in [2.75, 3.05) is 44.9 Å². The number of ether oxygens (including phenoxy) is 2. The van der Waals surface area contributed by atoms with Crippen molar-refractivity contribution in [2.24, 2.45) is 0 Å². The van der Waals surface area contributed by atoms with Crippen LogP contribution in [-0.4, -0.2) is 72.5 Å². The second kappa shape index (κ2) is 12.3. The number of piperidine rings is 1. The number of benzene rings is 2. The van der Waals surface area contributed by atoms with Gasteiger partial charge in [-0.05, 0) is 80.6 Å². The normalized spacial score (nSPS) is 19.6. The molecule has 2 aliphatic rings. The van der Waals surface area contributed by atoms with Gasteiger partial charge in [0.05, 0.1) is 35.4 Å². The van der Waals surface area contributed by atoms with E-state index in [2.05, 4.69) is 14.8 Å². The van der Waals surface area contributed by atoms with Gasteiger partial charge in [-0.3, -0.25) is 9.69 Å². The number of hydrogen-bond donors (Lipinski definition) is 1. The van der Waals surface area contributed by atoms with E-state index in [9.17, 15) is 18.0 Å². The van der Waals surface area contributed by atoms with Gasteiger partial charge in [0.15, 0.2) is 5.13 Å². The van der Waals surface area contributed by atoms with E-state index in [1.54, 1.807) is 25.3 Å². The van der Waals surface area contributed by atoms with Gasteiger partial charge in [-0.15, -0.1) is 0 Å². The highest BCUT2D eigenvalue weighted by atomic mass is 35.5. The monoisotopic (exact) mass is 611 g/mol. The van der Waals surface area contributed by atoms with E-state index < -0.39 is 17.7 Å². The minimum Gasteiger partial charge on any atom is -0.493 e. The molecule has 3 aromatic rings. The van der Waals surface area contributed by atoms with Crippen LogP contribution in [-0.2, 0) is 22.1 Å². The van der Waals surface area contributed by atoms with Gasteiger partial charge in [0, 0.05) is 36.8 Å². The molecule has 41 heavy (non-hydrogen) atoms. The molecule has 1 N–H and O–H groups in total. The van der Waals surface area contributed by atoms with Gasteiger partial charge in [-0.25, -0.2) is 4.98 Å². The van der Waals surface area contributed by atoms with Crippen molar-refractivity contribution in [3.8, 4) is 5.75 Å². The fourth-order valence-electron chi connectivity index (χ4n) is 6.18. The van der Waals surface area contributed by atoms with E-state index in [0.717, 1.165) is 62.9 Å². The summed E-state index contributed by atoms with van der Waals surface area (Å²) in [4.78, 5) is 20.6. The SMILES string of the molecule is COC[C@@H]1CCCN1C1(CCOc2cc(Cl)cc(CC(=O)O)c2)CCN(c2nc3ccc(C(F)(F)F)cc3s2)CC1. The highest BCUT2D eigenvalue weighted by Gasteiger charge is 2.45. The van der Waals surface area contributed by atoms with E-state index in [-0.39, 0.29) is 12.0 Å². The zero-order chi connectivity index (χ0) is 29.2. The maximum atomic E-state index is 13.2. The summed E-state index contributed by atoms with van der Waals surface area (Å²) in [5.74, 6) is -0.389. The predicted molar refractivity (Wildman–Crippen MR) is 153 cm³/mol. The first-order valence-electron chi connectivity index (χ1n) is 13.7. The summed E-state index contributed by atoms with van der Waals surface area (Å²) in [5, 5.41) is 10.3. The number of aromatic nitrogens is 1. The van der Waals surface area contributed by atoms with Crippen molar-refractivity contribution in [2.45, 2.75) is 56.3 Å². The lowest BCUT2D eigenvalue weighted by Crippen LogP contribution is -2.58. The molecule has 3 heterocycles. The van der Waals surface area contributed by atoms with Crippen LogP contribution in [0.15, 0.2) is 36.4 Å². The summed E-state index contributed by atoms with van der Waals surface area (Å²) in [5.41, 5.74) is 0.359. The van der Waals surface area contributed by atoms with Crippen LogP contribution in [0.5, 0.6) is 5.75 Å². The van der Waals surface area contributed by atoms with Gasteiger partial charge < -0.3 is 19.5 Å². The largest absolute Gasteiger partial charge is 0.493 e. The fraction of sp³-hybridized carbons (Fsp3) is 0.517. The van der Waals surface area contributed by atoms with Crippen molar-refractivity contribution >= 4 is 44.3 Å². The molecule has 7 nitrogen and oxygen atoms in total. The lowest BCUT2D eigenvalue weighted by molar-refractivity contribution is -0.138. The van der Waals surface area contributed by atoms with Crippen molar-refractivity contribution < 1.29 is 32.5 Å². The number of methoxy groups -OCH3 is 1. The number of fused-ring (bicyclic) bond motifs is 1. The van der Waals surface area contributed by atoms with Gasteiger partial charge in [-0.2, -0.15) is 13.2 Å². The molecule has 0 unspecified atom stereocenters. The van der Waals surface area contributed by atoms with Gasteiger partial charge in [0.25, 0.3) is 0 Å². The first kappa shape index (κ1) is 29.9. The molecule has 12 heteroatoms. The number of carboxylic acids is 1. The third-order valence-corrected chi connectivity index (χ3v) is 9.43. The quantitative estimate of drug-likeness (QED) is 0.280. The summed E-state index contributed by atoms with van der Waals surface area (Å²) in [7, 11) is 1.72. The van der Waals surface area contributed by atoms with Crippen molar-refractivity contribution in [1.29, 1.82) is 0 Å². The van der Waals surface area contributed by atoms with Crippen LogP contribution in [0.2, 0.25) is 5.02 Å². The molecular formula is C29H33ClF3N3O4S. The van der Waals surface area contributed by atoms with Crippen molar-refractivity contribution in [1.82, 2.24) is 9.88 Å². The average Bonchev–Trinajstić information content (AvgIpc) is 3.55. The third kappa shape index (κ3) is 6.90. The molecular weight excluding hydrogens is 579 g/mol. The number of thiazole rings is 1. The lowest BCUT2D eigenvalue weighted by atomic mass is 9.82. The second-order valence-electron chi connectivity index (χ2n) is 10.8. The smallest absolute Gasteiger partial charge is 0.416 e. The van der Waals surface area contributed by atoms with Gasteiger partial charge in [0.2, 0.25) is 0 Å². The summed E-state index contributed by atoms with van der Waals surface area (Å²) in [6.45, 7) is 3.50. The molecule has 0 amide bonds. The summed E-state index contributed by atoms with van der Waals surface area (Å²) < 4.78 is 51.9. The molecule has 2 fully saturated rings. The second-order valence-corrected chi connectivity index (χ2v) is 12.2. The standard InChI is InChI=1S/C29H33ClF3N3O4S/c1-39-18-22-3-2-9-36(22)28(8-12-40-23-14-19(15-26(37)38)13-21(30)17-23)6-10-35(11-7-28)27-34-24-5-4-20(29(31,32)33)16-25(24)41-27/h4-5,13-14,16-17,22H,2-3,6-12,15,18H2,1H3,(H,37,38)/t22-/m0/s1. The third-order valence-electron chi connectivity index (χ3n) is 8.14. The lowest BCUT2D eigenvalue weighted by Gasteiger charge is -2.49. The van der Waals surface area contributed by atoms with E-state index >= 15 is 0 Å². The Bertz CT molecular complexity index is 1380. The Balaban J connectivity index is 1.31.